The van der Waals surface area contributed by atoms with E-state index in [1.165, 1.54) is 6.92 Å². The lowest BCUT2D eigenvalue weighted by atomic mass is 10.1. The molecule has 0 spiro atoms. The van der Waals surface area contributed by atoms with Crippen LogP contribution in [-0.2, 0) is 20.8 Å². The molecule has 0 radical (unpaired) electrons. The Labute approximate surface area is 151 Å². The smallest absolute Gasteiger partial charge is 0.313 e. The van der Waals surface area contributed by atoms with Gasteiger partial charge >= 0.3 is 11.8 Å². The van der Waals surface area contributed by atoms with Crippen molar-refractivity contribution >= 4 is 29.1 Å². The molecule has 0 unspecified atom stereocenters. The Morgan fingerprint density at radius 2 is 1.50 bits per heavy atom. The van der Waals surface area contributed by atoms with Crippen LogP contribution in [0.2, 0.25) is 0 Å². The summed E-state index contributed by atoms with van der Waals surface area (Å²) in [6.45, 7) is 1.72. The molecule has 0 heterocycles. The molecule has 0 saturated heterocycles. The van der Waals surface area contributed by atoms with Crippen LogP contribution in [0.25, 0.3) is 0 Å². The number of nitrogens with one attached hydrogen (secondary N) is 3. The Bertz CT molecular complexity index is 788. The van der Waals surface area contributed by atoms with Crippen molar-refractivity contribution in [1.82, 2.24) is 5.32 Å². The Morgan fingerprint density at radius 1 is 0.885 bits per heavy atom. The predicted octanol–water partition coefficient (Wildman–Crippen LogP) is 1.95. The summed E-state index contributed by atoms with van der Waals surface area (Å²) < 4.78 is 5.24. The van der Waals surface area contributed by atoms with Gasteiger partial charge in [-0.1, -0.05) is 18.2 Å². The minimum atomic E-state index is -0.752. The van der Waals surface area contributed by atoms with Crippen LogP contribution in [0.3, 0.4) is 0 Å². The first kappa shape index (κ1) is 19.0. The molecular formula is C19H21N3O4. The van der Waals surface area contributed by atoms with Gasteiger partial charge in [-0.3, -0.25) is 14.4 Å². The standard InChI is InChI=1S/C19H21N3O4/c1-13(23)21-15-7-9-16(10-8-15)22-19(25)18(24)20-12-11-14-5-3-4-6-17(14)26-2/h3-10H,11-12H2,1-2H3,(H,20,24)(H,21,23)(H,22,25). The van der Waals surface area contributed by atoms with E-state index in [0.717, 1.165) is 11.3 Å². The summed E-state index contributed by atoms with van der Waals surface area (Å²) in [4.78, 5) is 34.8. The van der Waals surface area contributed by atoms with Gasteiger partial charge in [0.2, 0.25) is 5.91 Å². The van der Waals surface area contributed by atoms with Gasteiger partial charge in [0.05, 0.1) is 7.11 Å². The number of amides is 3. The average molecular weight is 355 g/mol. The summed E-state index contributed by atoms with van der Waals surface area (Å²) in [5.41, 5.74) is 2.02. The van der Waals surface area contributed by atoms with Crippen molar-refractivity contribution in [2.24, 2.45) is 0 Å². The quantitative estimate of drug-likeness (QED) is 0.690. The molecule has 3 amide bonds. The highest BCUT2D eigenvalue weighted by Crippen LogP contribution is 2.17. The number of ether oxygens (including phenoxy) is 1. The summed E-state index contributed by atoms with van der Waals surface area (Å²) in [6, 6.07) is 14.0. The highest BCUT2D eigenvalue weighted by Gasteiger charge is 2.13. The molecule has 136 valence electrons. The van der Waals surface area contributed by atoms with E-state index in [1.807, 2.05) is 24.3 Å². The highest BCUT2D eigenvalue weighted by atomic mass is 16.5. The second-order valence-corrected chi connectivity index (χ2v) is 5.53. The Hall–Kier alpha value is -3.35. The molecule has 7 nitrogen and oxygen atoms in total. The van der Waals surface area contributed by atoms with Crippen molar-refractivity contribution in [1.29, 1.82) is 0 Å². The van der Waals surface area contributed by atoms with Crippen molar-refractivity contribution in [2.75, 3.05) is 24.3 Å². The topological polar surface area (TPSA) is 96.5 Å². The Balaban J connectivity index is 1.82. The molecule has 0 bridgehead atoms. The van der Waals surface area contributed by atoms with E-state index in [1.54, 1.807) is 31.4 Å². The maximum atomic E-state index is 11.9. The van der Waals surface area contributed by atoms with Gasteiger partial charge in [0.1, 0.15) is 5.75 Å². The van der Waals surface area contributed by atoms with Crippen molar-refractivity contribution in [3.05, 3.63) is 54.1 Å². The van der Waals surface area contributed by atoms with Crippen molar-refractivity contribution in [3.63, 3.8) is 0 Å². The van der Waals surface area contributed by atoms with Gasteiger partial charge in [0, 0.05) is 24.8 Å². The van der Waals surface area contributed by atoms with Crippen LogP contribution in [0.15, 0.2) is 48.5 Å². The summed E-state index contributed by atoms with van der Waals surface area (Å²) in [5, 5.41) is 7.70. The lowest BCUT2D eigenvalue weighted by Gasteiger charge is -2.09. The van der Waals surface area contributed by atoms with Crippen LogP contribution >= 0.6 is 0 Å². The number of hydrogen-bond acceptors (Lipinski definition) is 4. The first-order valence-corrected chi connectivity index (χ1v) is 8.08. The van der Waals surface area contributed by atoms with Crippen LogP contribution in [0.4, 0.5) is 11.4 Å². The first-order chi connectivity index (χ1) is 12.5. The first-order valence-electron chi connectivity index (χ1n) is 8.08. The number of methoxy groups -OCH3 is 1. The van der Waals surface area contributed by atoms with Crippen LogP contribution in [0.5, 0.6) is 5.75 Å². The van der Waals surface area contributed by atoms with E-state index in [-0.39, 0.29) is 5.91 Å². The molecule has 0 aliphatic heterocycles. The summed E-state index contributed by atoms with van der Waals surface area (Å²) in [7, 11) is 1.59. The van der Waals surface area contributed by atoms with Crippen LogP contribution in [0.1, 0.15) is 12.5 Å². The average Bonchev–Trinajstić information content (AvgIpc) is 2.63. The van der Waals surface area contributed by atoms with Crippen molar-refractivity contribution in [3.8, 4) is 5.75 Å². The fourth-order valence-corrected chi connectivity index (χ4v) is 2.33. The van der Waals surface area contributed by atoms with Crippen LogP contribution in [0, 0.1) is 0 Å². The van der Waals surface area contributed by atoms with Gasteiger partial charge in [-0.05, 0) is 42.3 Å². The summed E-state index contributed by atoms with van der Waals surface area (Å²) in [6.07, 6.45) is 0.550. The van der Waals surface area contributed by atoms with Crippen LogP contribution in [-0.4, -0.2) is 31.4 Å². The molecule has 0 fully saturated rings. The Morgan fingerprint density at radius 3 is 2.12 bits per heavy atom. The SMILES string of the molecule is COc1ccccc1CCNC(=O)C(=O)Nc1ccc(NC(C)=O)cc1. The zero-order valence-electron chi connectivity index (χ0n) is 14.7. The highest BCUT2D eigenvalue weighted by molar-refractivity contribution is 6.39. The van der Waals surface area contributed by atoms with Gasteiger partial charge in [0.25, 0.3) is 0 Å². The van der Waals surface area contributed by atoms with E-state index >= 15 is 0 Å². The molecule has 0 aliphatic rings. The van der Waals surface area contributed by atoms with Crippen molar-refractivity contribution in [2.45, 2.75) is 13.3 Å². The van der Waals surface area contributed by atoms with E-state index in [2.05, 4.69) is 16.0 Å². The molecule has 3 N–H and O–H groups in total. The van der Waals surface area contributed by atoms with Crippen LogP contribution < -0.4 is 20.7 Å². The number of rotatable bonds is 6. The summed E-state index contributed by atoms with van der Waals surface area (Å²) >= 11 is 0. The third-order valence-corrected chi connectivity index (χ3v) is 3.54. The second kappa shape index (κ2) is 9.22. The number of hydrogen-bond donors (Lipinski definition) is 3. The van der Waals surface area contributed by atoms with Gasteiger partial charge in [-0.15, -0.1) is 0 Å². The normalized spacial score (nSPS) is 9.92. The fraction of sp³-hybridized carbons (Fsp3) is 0.211. The lowest BCUT2D eigenvalue weighted by molar-refractivity contribution is -0.136. The molecule has 0 aliphatic carbocycles. The summed E-state index contributed by atoms with van der Waals surface area (Å²) in [5.74, 6) is -0.912. The van der Waals surface area contributed by atoms with Gasteiger partial charge in [0.15, 0.2) is 0 Å². The molecule has 0 saturated carbocycles. The lowest BCUT2D eigenvalue weighted by Crippen LogP contribution is -2.36. The molecule has 26 heavy (non-hydrogen) atoms. The Kier molecular flexibility index (Phi) is 6.73. The molecule has 2 rings (SSSR count). The van der Waals surface area contributed by atoms with E-state index in [4.69, 9.17) is 4.74 Å². The number of benzene rings is 2. The van der Waals surface area contributed by atoms with Gasteiger partial charge < -0.3 is 20.7 Å². The molecule has 0 aromatic heterocycles. The maximum absolute atomic E-state index is 11.9. The fourth-order valence-electron chi connectivity index (χ4n) is 2.33. The molecule has 0 atom stereocenters. The zero-order chi connectivity index (χ0) is 18.9. The number of para-hydroxylation sites is 1. The minimum Gasteiger partial charge on any atom is -0.496 e. The monoisotopic (exact) mass is 355 g/mol. The van der Waals surface area contributed by atoms with Gasteiger partial charge in [-0.2, -0.15) is 0 Å². The van der Waals surface area contributed by atoms with Gasteiger partial charge in [-0.25, -0.2) is 0 Å². The number of carbonyl (C=O) groups is 3. The second-order valence-electron chi connectivity index (χ2n) is 5.53. The zero-order valence-corrected chi connectivity index (χ0v) is 14.7. The third kappa shape index (κ3) is 5.62. The number of anilines is 2. The molecular weight excluding hydrogens is 334 g/mol. The minimum absolute atomic E-state index is 0.184. The molecule has 7 heteroatoms. The molecule has 2 aromatic rings. The van der Waals surface area contributed by atoms with Crippen molar-refractivity contribution < 1.29 is 19.1 Å². The van der Waals surface area contributed by atoms with E-state index in [9.17, 15) is 14.4 Å². The maximum Gasteiger partial charge on any atom is 0.313 e. The molecule has 2 aromatic carbocycles. The van der Waals surface area contributed by atoms with E-state index in [0.29, 0.717) is 24.3 Å². The third-order valence-electron chi connectivity index (χ3n) is 3.54. The van der Waals surface area contributed by atoms with E-state index < -0.39 is 11.8 Å². The predicted molar refractivity (Wildman–Crippen MR) is 99.1 cm³/mol. The number of carbonyl (C=O) groups excluding carboxylic acids is 3. The largest absolute Gasteiger partial charge is 0.496 e.